The number of ether oxygens (including phenoxy) is 1. The minimum Gasteiger partial charge on any atom is -0.461 e. The van der Waals surface area contributed by atoms with E-state index in [9.17, 15) is 14.0 Å². The number of aryl methyl sites for hydroxylation is 1. The molecule has 1 fully saturated rings. The fourth-order valence-corrected chi connectivity index (χ4v) is 4.92. The molecule has 1 aromatic carbocycles. The summed E-state index contributed by atoms with van der Waals surface area (Å²) in [6, 6.07) is 5.29. The molecule has 7 heteroatoms. The Kier molecular flexibility index (Phi) is 5.50. The van der Waals surface area contributed by atoms with E-state index in [1.165, 1.54) is 40.8 Å². The number of aromatic nitrogens is 2. The number of carbonyl (C=O) groups excluding carboxylic acids is 1. The maximum Gasteiger partial charge on any atom is 0.329 e. The second-order valence-corrected chi connectivity index (χ2v) is 8.75. The number of halogens is 1. The number of rotatable bonds is 4. The monoisotopic (exact) mass is 414 g/mol. The van der Waals surface area contributed by atoms with Gasteiger partial charge >= 0.3 is 5.97 Å². The summed E-state index contributed by atoms with van der Waals surface area (Å²) in [6.45, 7) is 3.58. The van der Waals surface area contributed by atoms with E-state index in [0.717, 1.165) is 41.7 Å². The summed E-state index contributed by atoms with van der Waals surface area (Å²) in [5.41, 5.74) is 1.21. The highest BCUT2D eigenvalue weighted by atomic mass is 32.1. The number of hydrogen-bond donors (Lipinski definition) is 0. The van der Waals surface area contributed by atoms with Crippen molar-refractivity contribution >= 4 is 27.5 Å². The Morgan fingerprint density at radius 1 is 1.24 bits per heavy atom. The number of thiophene rings is 1. The van der Waals surface area contributed by atoms with Gasteiger partial charge in [0, 0.05) is 10.4 Å². The van der Waals surface area contributed by atoms with Crippen molar-refractivity contribution in [1.82, 2.24) is 9.55 Å². The van der Waals surface area contributed by atoms with Crippen LogP contribution in [0, 0.1) is 12.7 Å². The molecule has 4 rings (SSSR count). The smallest absolute Gasteiger partial charge is 0.329 e. The summed E-state index contributed by atoms with van der Waals surface area (Å²) in [6.07, 6.45) is 6.41. The van der Waals surface area contributed by atoms with Gasteiger partial charge in [-0.15, -0.1) is 11.3 Å². The molecule has 1 atom stereocenters. The van der Waals surface area contributed by atoms with Crippen LogP contribution in [0.15, 0.2) is 35.4 Å². The van der Waals surface area contributed by atoms with Crippen LogP contribution in [0.3, 0.4) is 0 Å². The molecule has 1 aliphatic carbocycles. The SMILES string of the molecule is Cc1sc2ncn(C(C)C(=O)OC3CCCCC3)c(=O)c2c1-c1ccc(F)cc1. The van der Waals surface area contributed by atoms with E-state index in [1.807, 2.05) is 6.92 Å². The molecule has 0 bridgehead atoms. The van der Waals surface area contributed by atoms with Gasteiger partial charge in [0.05, 0.1) is 11.7 Å². The predicted octanol–water partition coefficient (Wildman–Crippen LogP) is 5.01. The Bertz CT molecular complexity index is 1100. The van der Waals surface area contributed by atoms with Crippen LogP contribution >= 0.6 is 11.3 Å². The highest BCUT2D eigenvalue weighted by Gasteiger charge is 2.25. The van der Waals surface area contributed by atoms with Crippen LogP contribution in [-0.4, -0.2) is 21.6 Å². The lowest BCUT2D eigenvalue weighted by Gasteiger charge is -2.24. The van der Waals surface area contributed by atoms with Crippen molar-refractivity contribution in [2.45, 2.75) is 58.1 Å². The fraction of sp³-hybridized carbons (Fsp3) is 0.409. The highest BCUT2D eigenvalue weighted by Crippen LogP contribution is 2.35. The maximum absolute atomic E-state index is 13.3. The molecule has 0 spiro atoms. The Labute approximate surface area is 172 Å². The third kappa shape index (κ3) is 3.83. The van der Waals surface area contributed by atoms with Gasteiger partial charge in [-0.05, 0) is 57.2 Å². The molecule has 5 nitrogen and oxygen atoms in total. The number of esters is 1. The van der Waals surface area contributed by atoms with Crippen molar-refractivity contribution in [3.8, 4) is 11.1 Å². The minimum atomic E-state index is -0.761. The van der Waals surface area contributed by atoms with Crippen molar-refractivity contribution in [3.05, 3.63) is 51.6 Å². The van der Waals surface area contributed by atoms with Crippen LogP contribution in [0.25, 0.3) is 21.3 Å². The topological polar surface area (TPSA) is 61.2 Å². The molecule has 1 saturated carbocycles. The van der Waals surface area contributed by atoms with E-state index < -0.39 is 12.0 Å². The lowest BCUT2D eigenvalue weighted by Crippen LogP contribution is -2.32. The Morgan fingerprint density at radius 2 is 1.93 bits per heavy atom. The van der Waals surface area contributed by atoms with Gasteiger partial charge in [-0.25, -0.2) is 14.2 Å². The number of carbonyl (C=O) groups is 1. The van der Waals surface area contributed by atoms with Crippen LogP contribution in [0.4, 0.5) is 4.39 Å². The van der Waals surface area contributed by atoms with E-state index in [2.05, 4.69) is 4.98 Å². The second kappa shape index (κ2) is 8.06. The number of benzene rings is 1. The van der Waals surface area contributed by atoms with Crippen LogP contribution in [0.5, 0.6) is 0 Å². The maximum atomic E-state index is 13.3. The Morgan fingerprint density at radius 3 is 2.62 bits per heavy atom. The van der Waals surface area contributed by atoms with Gasteiger partial charge < -0.3 is 4.74 Å². The van der Waals surface area contributed by atoms with Crippen LogP contribution in [0.2, 0.25) is 0 Å². The van der Waals surface area contributed by atoms with Crippen LogP contribution in [0.1, 0.15) is 49.9 Å². The normalized spacial score (nSPS) is 16.1. The first-order chi connectivity index (χ1) is 14.0. The van der Waals surface area contributed by atoms with Crippen LogP contribution < -0.4 is 5.56 Å². The van der Waals surface area contributed by atoms with Crippen molar-refractivity contribution in [3.63, 3.8) is 0 Å². The molecule has 2 heterocycles. The minimum absolute atomic E-state index is 0.0655. The number of fused-ring (bicyclic) bond motifs is 1. The summed E-state index contributed by atoms with van der Waals surface area (Å²) >= 11 is 1.41. The molecule has 0 radical (unpaired) electrons. The van der Waals surface area contributed by atoms with Crippen LogP contribution in [-0.2, 0) is 9.53 Å². The van der Waals surface area contributed by atoms with Crippen molar-refractivity contribution in [2.75, 3.05) is 0 Å². The third-order valence-corrected chi connectivity index (χ3v) is 6.55. The quantitative estimate of drug-likeness (QED) is 0.563. The highest BCUT2D eigenvalue weighted by molar-refractivity contribution is 7.19. The zero-order chi connectivity index (χ0) is 20.5. The molecule has 1 unspecified atom stereocenters. The van der Waals surface area contributed by atoms with Crippen molar-refractivity contribution in [1.29, 1.82) is 0 Å². The first kappa shape index (κ1) is 19.8. The van der Waals surface area contributed by atoms with E-state index in [1.54, 1.807) is 19.1 Å². The third-order valence-electron chi connectivity index (χ3n) is 5.54. The molecule has 2 aromatic heterocycles. The summed E-state index contributed by atoms with van der Waals surface area (Å²) in [4.78, 5) is 31.9. The zero-order valence-electron chi connectivity index (χ0n) is 16.5. The van der Waals surface area contributed by atoms with Crippen molar-refractivity contribution in [2.24, 2.45) is 0 Å². The van der Waals surface area contributed by atoms with Crippen molar-refractivity contribution < 1.29 is 13.9 Å². The molecular weight excluding hydrogens is 391 g/mol. The molecular formula is C22H23FN2O3S. The fourth-order valence-electron chi connectivity index (χ4n) is 3.91. The summed E-state index contributed by atoms with van der Waals surface area (Å²) in [5.74, 6) is -0.740. The lowest BCUT2D eigenvalue weighted by molar-refractivity contribution is -0.154. The van der Waals surface area contributed by atoms with Gasteiger partial charge in [0.2, 0.25) is 0 Å². The standard InChI is InChI=1S/C22H23FN2O3S/c1-13(22(27)28-17-6-4-3-5-7-17)25-12-24-20-19(21(25)26)18(14(2)29-20)15-8-10-16(23)11-9-15/h8-13,17H,3-7H2,1-2H3. The van der Waals surface area contributed by atoms with E-state index in [-0.39, 0.29) is 17.5 Å². The van der Waals surface area contributed by atoms with Gasteiger partial charge in [-0.3, -0.25) is 9.36 Å². The molecule has 0 saturated heterocycles. The summed E-state index contributed by atoms with van der Waals surface area (Å²) in [5, 5.41) is 0.457. The molecule has 29 heavy (non-hydrogen) atoms. The Hall–Kier alpha value is -2.54. The second-order valence-electron chi connectivity index (χ2n) is 7.55. The number of hydrogen-bond acceptors (Lipinski definition) is 5. The molecule has 1 aliphatic rings. The molecule has 0 N–H and O–H groups in total. The average molecular weight is 415 g/mol. The van der Waals surface area contributed by atoms with Gasteiger partial charge in [0.1, 0.15) is 22.8 Å². The zero-order valence-corrected chi connectivity index (χ0v) is 17.3. The average Bonchev–Trinajstić information content (AvgIpc) is 3.06. The van der Waals surface area contributed by atoms with Gasteiger partial charge in [0.25, 0.3) is 5.56 Å². The molecule has 3 aromatic rings. The van der Waals surface area contributed by atoms with E-state index >= 15 is 0 Å². The Balaban J connectivity index is 1.71. The summed E-state index contributed by atoms with van der Waals surface area (Å²) < 4.78 is 20.3. The molecule has 0 aliphatic heterocycles. The van der Waals surface area contributed by atoms with Gasteiger partial charge in [-0.2, -0.15) is 0 Å². The first-order valence-corrected chi connectivity index (χ1v) is 10.7. The first-order valence-electron chi connectivity index (χ1n) is 9.92. The van der Waals surface area contributed by atoms with E-state index in [0.29, 0.717) is 10.2 Å². The number of nitrogens with zero attached hydrogens (tertiary/aromatic N) is 2. The molecule has 0 amide bonds. The lowest BCUT2D eigenvalue weighted by atomic mass is 9.98. The predicted molar refractivity (Wildman–Crippen MR) is 112 cm³/mol. The van der Waals surface area contributed by atoms with E-state index in [4.69, 9.17) is 4.74 Å². The largest absolute Gasteiger partial charge is 0.461 e. The molecule has 152 valence electrons. The van der Waals surface area contributed by atoms with Gasteiger partial charge in [-0.1, -0.05) is 18.6 Å². The summed E-state index contributed by atoms with van der Waals surface area (Å²) in [7, 11) is 0. The van der Waals surface area contributed by atoms with Gasteiger partial charge in [0.15, 0.2) is 0 Å².